The summed E-state index contributed by atoms with van der Waals surface area (Å²) in [6.45, 7) is 3.94. The molecule has 188 valence electrons. The second-order valence-electron chi connectivity index (χ2n) is 9.64. The molecule has 0 spiro atoms. The number of benzene rings is 2. The highest BCUT2D eigenvalue weighted by Crippen LogP contribution is 2.50. The van der Waals surface area contributed by atoms with Crippen molar-refractivity contribution in [3.63, 3.8) is 0 Å². The summed E-state index contributed by atoms with van der Waals surface area (Å²) >= 11 is 1.92. The van der Waals surface area contributed by atoms with Crippen molar-refractivity contribution in [3.05, 3.63) is 126 Å². The van der Waals surface area contributed by atoms with Gasteiger partial charge in [0.25, 0.3) is 0 Å². The average molecular weight is 517 g/mol. The molecule has 4 aromatic rings. The zero-order valence-corrected chi connectivity index (χ0v) is 22.4. The normalized spacial score (nSPS) is 15.6. The van der Waals surface area contributed by atoms with E-state index in [1.165, 1.54) is 32.1 Å². The predicted molar refractivity (Wildman–Crippen MR) is 157 cm³/mol. The number of thioether (sulfide) groups is 1. The van der Waals surface area contributed by atoms with Crippen molar-refractivity contribution in [2.75, 3.05) is 24.5 Å². The van der Waals surface area contributed by atoms with Crippen LogP contribution in [-0.2, 0) is 6.54 Å². The van der Waals surface area contributed by atoms with Crippen molar-refractivity contribution in [2.45, 2.75) is 30.7 Å². The Morgan fingerprint density at radius 1 is 0.921 bits per heavy atom. The van der Waals surface area contributed by atoms with E-state index in [0.717, 1.165) is 51.0 Å². The third-order valence-electron chi connectivity index (χ3n) is 7.10. The fourth-order valence-electron chi connectivity index (χ4n) is 5.26. The van der Waals surface area contributed by atoms with Gasteiger partial charge >= 0.3 is 0 Å². The fourth-order valence-corrected chi connectivity index (χ4v) is 6.54. The Bertz CT molecular complexity index is 1490. The average Bonchev–Trinajstić information content (AvgIpc) is 3.34. The quantitative estimate of drug-likeness (QED) is 0.179. The molecule has 0 radical (unpaired) electrons. The van der Waals surface area contributed by atoms with Crippen LogP contribution in [0.4, 0.5) is 5.69 Å². The Kier molecular flexibility index (Phi) is 7.48. The highest BCUT2D eigenvalue weighted by Gasteiger charge is 2.28. The van der Waals surface area contributed by atoms with Crippen molar-refractivity contribution in [2.24, 2.45) is 0 Å². The van der Waals surface area contributed by atoms with Crippen LogP contribution < -0.4 is 9.47 Å². The van der Waals surface area contributed by atoms with Crippen LogP contribution in [0, 0.1) is 6.08 Å². The lowest BCUT2D eigenvalue weighted by atomic mass is 9.97. The number of fused-ring (bicyclic) bond motifs is 2. The highest BCUT2D eigenvalue weighted by atomic mass is 32.2. The lowest BCUT2D eigenvalue weighted by Crippen LogP contribution is -2.34. The minimum atomic E-state index is 0.959. The monoisotopic (exact) mass is 516 g/mol. The molecule has 0 amide bonds. The largest absolute Gasteiger partial charge is 0.335 e. The van der Waals surface area contributed by atoms with Gasteiger partial charge in [-0.3, -0.25) is 4.98 Å². The number of pyridine rings is 2. The Morgan fingerprint density at radius 2 is 1.79 bits per heavy atom. The molecule has 4 heterocycles. The molecule has 0 atom stereocenters. The van der Waals surface area contributed by atoms with E-state index in [4.69, 9.17) is 0 Å². The Balaban J connectivity index is 1.36. The van der Waals surface area contributed by atoms with Gasteiger partial charge in [-0.25, -0.2) is 4.57 Å². The lowest BCUT2D eigenvalue weighted by molar-refractivity contribution is -0.697. The molecule has 0 saturated carbocycles. The molecular weight excluding hydrogens is 484 g/mol. The molecule has 2 aromatic carbocycles. The molecular formula is C33H32N4S+2. The second-order valence-corrected chi connectivity index (χ2v) is 10.7. The van der Waals surface area contributed by atoms with E-state index < -0.39 is 0 Å². The highest BCUT2D eigenvalue weighted by molar-refractivity contribution is 8.04. The molecule has 2 aromatic heterocycles. The number of nitrogens with zero attached hydrogens (tertiary/aromatic N) is 4. The summed E-state index contributed by atoms with van der Waals surface area (Å²) in [4.78, 5) is 10.9. The van der Waals surface area contributed by atoms with Crippen molar-refractivity contribution in [3.8, 4) is 0 Å². The van der Waals surface area contributed by atoms with Gasteiger partial charge < -0.3 is 9.80 Å². The fraction of sp³-hybridized carbons (Fsp3) is 0.212. The van der Waals surface area contributed by atoms with Crippen LogP contribution in [0.1, 0.15) is 24.8 Å². The molecule has 5 heteroatoms. The molecule has 2 aliphatic heterocycles. The first kappa shape index (κ1) is 24.4. The van der Waals surface area contributed by atoms with Crippen LogP contribution in [-0.4, -0.2) is 29.5 Å². The first-order valence-corrected chi connectivity index (χ1v) is 14.2. The SMILES string of the molecule is [C+]1=CN(CCCC(=C2Sc3ccccc3N2CCC[n+]2ccccc2)c2ccnc3ccccc23)CC=C1. The summed E-state index contributed by atoms with van der Waals surface area (Å²) in [5.74, 6) is 0. The first-order chi connectivity index (χ1) is 18.9. The van der Waals surface area contributed by atoms with E-state index in [9.17, 15) is 0 Å². The van der Waals surface area contributed by atoms with Crippen LogP contribution in [0.2, 0.25) is 0 Å². The maximum Gasteiger partial charge on any atom is 0.168 e. The van der Waals surface area contributed by atoms with Gasteiger partial charge in [-0.05, 0) is 48.2 Å². The number of aryl methyl sites for hydroxylation is 1. The number of allylic oxidation sites excluding steroid dienone is 3. The number of rotatable bonds is 9. The summed E-state index contributed by atoms with van der Waals surface area (Å²) < 4.78 is 2.27. The van der Waals surface area contributed by atoms with Gasteiger partial charge in [-0.15, -0.1) is 0 Å². The van der Waals surface area contributed by atoms with E-state index in [1.807, 2.05) is 24.0 Å². The molecule has 0 bridgehead atoms. The smallest absolute Gasteiger partial charge is 0.168 e. The van der Waals surface area contributed by atoms with E-state index in [2.05, 4.69) is 123 Å². The van der Waals surface area contributed by atoms with Gasteiger partial charge in [0.2, 0.25) is 0 Å². The van der Waals surface area contributed by atoms with Crippen molar-refractivity contribution >= 4 is 33.9 Å². The van der Waals surface area contributed by atoms with Crippen molar-refractivity contribution < 1.29 is 4.57 Å². The third kappa shape index (κ3) is 5.35. The molecule has 0 N–H and O–H groups in total. The van der Waals surface area contributed by atoms with Gasteiger partial charge in [-0.2, -0.15) is 0 Å². The maximum absolute atomic E-state index is 4.67. The van der Waals surface area contributed by atoms with Crippen LogP contribution in [0.3, 0.4) is 0 Å². The third-order valence-corrected chi connectivity index (χ3v) is 8.32. The number of hydrogen-bond acceptors (Lipinski definition) is 4. The maximum atomic E-state index is 4.67. The van der Waals surface area contributed by atoms with Crippen LogP contribution in [0.25, 0.3) is 16.5 Å². The molecule has 0 fully saturated rings. The van der Waals surface area contributed by atoms with Gasteiger partial charge in [0.05, 0.1) is 22.3 Å². The summed E-state index contributed by atoms with van der Waals surface area (Å²) in [6, 6.07) is 25.9. The minimum absolute atomic E-state index is 0.959. The topological polar surface area (TPSA) is 23.2 Å². The van der Waals surface area contributed by atoms with Gasteiger partial charge in [-0.1, -0.05) is 48.2 Å². The van der Waals surface area contributed by atoms with E-state index in [0.29, 0.717) is 0 Å². The summed E-state index contributed by atoms with van der Waals surface area (Å²) in [5.41, 5.74) is 5.08. The zero-order valence-electron chi connectivity index (χ0n) is 21.5. The van der Waals surface area contributed by atoms with Crippen LogP contribution in [0.15, 0.2) is 120 Å². The molecule has 38 heavy (non-hydrogen) atoms. The summed E-state index contributed by atoms with van der Waals surface area (Å²) in [7, 11) is 0. The molecule has 0 saturated heterocycles. The van der Waals surface area contributed by atoms with Crippen molar-refractivity contribution in [1.29, 1.82) is 0 Å². The predicted octanol–water partition coefficient (Wildman–Crippen LogP) is 6.86. The van der Waals surface area contributed by atoms with Crippen molar-refractivity contribution in [1.82, 2.24) is 9.88 Å². The van der Waals surface area contributed by atoms with Crippen LogP contribution in [0.5, 0.6) is 0 Å². The molecule has 0 unspecified atom stereocenters. The van der Waals surface area contributed by atoms with Crippen LogP contribution >= 0.6 is 11.8 Å². The lowest BCUT2D eigenvalue weighted by Gasteiger charge is -2.24. The first-order valence-electron chi connectivity index (χ1n) is 13.4. The minimum Gasteiger partial charge on any atom is -0.335 e. The van der Waals surface area contributed by atoms with E-state index in [1.54, 1.807) is 0 Å². The summed E-state index contributed by atoms with van der Waals surface area (Å²) in [6.07, 6.45) is 18.9. The molecule has 4 nitrogen and oxygen atoms in total. The zero-order chi connectivity index (χ0) is 25.6. The van der Waals surface area contributed by atoms with E-state index >= 15 is 0 Å². The Hall–Kier alpha value is -3.92. The Morgan fingerprint density at radius 3 is 2.68 bits per heavy atom. The Labute approximate surface area is 229 Å². The molecule has 0 aliphatic carbocycles. The molecule has 6 rings (SSSR count). The van der Waals surface area contributed by atoms with Gasteiger partial charge in [0, 0.05) is 48.1 Å². The number of aromatic nitrogens is 2. The number of para-hydroxylation sites is 2. The second kappa shape index (κ2) is 11.6. The van der Waals surface area contributed by atoms with E-state index in [-0.39, 0.29) is 0 Å². The number of anilines is 1. The standard InChI is InChI=1S/C33H32N4S/c1-7-20-35(21-8-1)24-11-14-29(27-18-19-34-30-15-4-3-13-28(27)30)33-37(31-16-5-6-17-32(31)38-33)26-12-25-36-22-9-2-10-23-36/h1-7,9-10,13,15-19,21-23H,11-12,14,20,24-26H2/q+2. The summed E-state index contributed by atoms with van der Waals surface area (Å²) in [5, 5.41) is 2.59. The number of hydrogen-bond donors (Lipinski definition) is 0. The molecule has 2 aliphatic rings. The van der Waals surface area contributed by atoms with Gasteiger partial charge in [0.1, 0.15) is 25.4 Å². The van der Waals surface area contributed by atoms with Gasteiger partial charge in [0.15, 0.2) is 18.5 Å².